The van der Waals surface area contributed by atoms with E-state index in [2.05, 4.69) is 15.6 Å². The van der Waals surface area contributed by atoms with E-state index in [1.807, 2.05) is 43.5 Å². The Balaban J connectivity index is 1.96. The number of methoxy groups -OCH3 is 1. The van der Waals surface area contributed by atoms with E-state index in [1.165, 1.54) is 0 Å². The molecule has 1 heterocycles. The van der Waals surface area contributed by atoms with Crippen molar-refractivity contribution in [1.82, 2.24) is 10.3 Å². The second kappa shape index (κ2) is 6.86. The summed E-state index contributed by atoms with van der Waals surface area (Å²) in [5.74, 6) is 0.765. The van der Waals surface area contributed by atoms with Crippen molar-refractivity contribution in [3.63, 3.8) is 0 Å². The SMILES string of the molecule is COc1ccc(C)cc1NC(=S)NCc1cccnc1. The van der Waals surface area contributed by atoms with Gasteiger partial charge in [-0.1, -0.05) is 12.1 Å². The zero-order valence-corrected chi connectivity index (χ0v) is 12.3. The summed E-state index contributed by atoms with van der Waals surface area (Å²) in [5.41, 5.74) is 3.08. The number of thiocarbonyl (C=S) groups is 1. The molecule has 104 valence electrons. The Hall–Kier alpha value is -2.14. The number of benzene rings is 1. The number of rotatable bonds is 4. The summed E-state index contributed by atoms with van der Waals surface area (Å²) >= 11 is 5.29. The molecule has 0 radical (unpaired) electrons. The van der Waals surface area contributed by atoms with E-state index >= 15 is 0 Å². The molecule has 1 aromatic carbocycles. The van der Waals surface area contributed by atoms with E-state index in [-0.39, 0.29) is 0 Å². The van der Waals surface area contributed by atoms with Crippen LogP contribution < -0.4 is 15.4 Å². The third-order valence-electron chi connectivity index (χ3n) is 2.78. The summed E-state index contributed by atoms with van der Waals surface area (Å²) in [7, 11) is 1.64. The summed E-state index contributed by atoms with van der Waals surface area (Å²) in [5, 5.41) is 6.84. The number of ether oxygens (including phenoxy) is 1. The third-order valence-corrected chi connectivity index (χ3v) is 3.03. The van der Waals surface area contributed by atoms with Gasteiger partial charge in [-0.15, -0.1) is 0 Å². The van der Waals surface area contributed by atoms with Crippen molar-refractivity contribution in [2.75, 3.05) is 12.4 Å². The van der Waals surface area contributed by atoms with Gasteiger partial charge in [0.1, 0.15) is 5.75 Å². The first-order valence-corrected chi connectivity index (χ1v) is 6.68. The van der Waals surface area contributed by atoms with Crippen LogP contribution >= 0.6 is 12.2 Å². The summed E-state index contributed by atoms with van der Waals surface area (Å²) in [6.07, 6.45) is 3.56. The highest BCUT2D eigenvalue weighted by atomic mass is 32.1. The zero-order valence-electron chi connectivity index (χ0n) is 11.5. The number of aryl methyl sites for hydroxylation is 1. The molecule has 0 saturated heterocycles. The predicted molar refractivity (Wildman–Crippen MR) is 85.0 cm³/mol. The smallest absolute Gasteiger partial charge is 0.171 e. The van der Waals surface area contributed by atoms with E-state index in [4.69, 9.17) is 17.0 Å². The van der Waals surface area contributed by atoms with E-state index < -0.39 is 0 Å². The highest BCUT2D eigenvalue weighted by molar-refractivity contribution is 7.80. The Bertz CT molecular complexity index is 587. The van der Waals surface area contributed by atoms with Crippen LogP contribution in [0.15, 0.2) is 42.7 Å². The van der Waals surface area contributed by atoms with E-state index in [1.54, 1.807) is 13.3 Å². The van der Waals surface area contributed by atoms with Crippen LogP contribution in [0.2, 0.25) is 0 Å². The largest absolute Gasteiger partial charge is 0.495 e. The monoisotopic (exact) mass is 287 g/mol. The lowest BCUT2D eigenvalue weighted by Gasteiger charge is -2.14. The lowest BCUT2D eigenvalue weighted by atomic mass is 10.2. The van der Waals surface area contributed by atoms with Crippen molar-refractivity contribution >= 4 is 23.0 Å². The molecule has 0 fully saturated rings. The summed E-state index contributed by atoms with van der Waals surface area (Å²) in [4.78, 5) is 4.06. The summed E-state index contributed by atoms with van der Waals surface area (Å²) < 4.78 is 5.30. The Morgan fingerprint density at radius 1 is 1.35 bits per heavy atom. The lowest BCUT2D eigenvalue weighted by Crippen LogP contribution is -2.28. The van der Waals surface area contributed by atoms with Gasteiger partial charge in [-0.25, -0.2) is 0 Å². The van der Waals surface area contributed by atoms with Gasteiger partial charge < -0.3 is 15.4 Å². The van der Waals surface area contributed by atoms with Crippen LogP contribution in [-0.2, 0) is 6.54 Å². The quantitative estimate of drug-likeness (QED) is 0.847. The molecule has 1 aromatic heterocycles. The van der Waals surface area contributed by atoms with Crippen molar-refractivity contribution in [2.24, 2.45) is 0 Å². The van der Waals surface area contributed by atoms with Crippen molar-refractivity contribution in [1.29, 1.82) is 0 Å². The van der Waals surface area contributed by atoms with Crippen LogP contribution in [-0.4, -0.2) is 17.2 Å². The van der Waals surface area contributed by atoms with E-state index in [9.17, 15) is 0 Å². The average Bonchev–Trinajstić information content (AvgIpc) is 2.46. The van der Waals surface area contributed by atoms with Crippen LogP contribution in [0.25, 0.3) is 0 Å². The fourth-order valence-electron chi connectivity index (χ4n) is 1.77. The van der Waals surface area contributed by atoms with Crippen molar-refractivity contribution in [3.05, 3.63) is 53.9 Å². The number of pyridine rings is 1. The molecule has 5 heteroatoms. The van der Waals surface area contributed by atoms with Gasteiger partial charge in [0, 0.05) is 18.9 Å². The Morgan fingerprint density at radius 3 is 2.90 bits per heavy atom. The molecule has 0 saturated carbocycles. The number of hydrogen-bond acceptors (Lipinski definition) is 3. The molecule has 4 nitrogen and oxygen atoms in total. The number of hydrogen-bond donors (Lipinski definition) is 2. The van der Waals surface area contributed by atoms with Crippen LogP contribution in [0.3, 0.4) is 0 Å². The summed E-state index contributed by atoms with van der Waals surface area (Å²) in [6.45, 7) is 2.66. The molecular weight excluding hydrogens is 270 g/mol. The molecule has 20 heavy (non-hydrogen) atoms. The molecule has 0 aliphatic heterocycles. The first-order chi connectivity index (χ1) is 9.69. The molecule has 2 aromatic rings. The van der Waals surface area contributed by atoms with Gasteiger partial charge in [0.15, 0.2) is 5.11 Å². The first-order valence-electron chi connectivity index (χ1n) is 6.27. The maximum absolute atomic E-state index is 5.30. The Labute approximate surface area is 124 Å². The van der Waals surface area contributed by atoms with Crippen LogP contribution in [0.1, 0.15) is 11.1 Å². The Kier molecular flexibility index (Phi) is 4.90. The second-order valence-corrected chi connectivity index (χ2v) is 4.78. The van der Waals surface area contributed by atoms with Crippen LogP contribution in [0, 0.1) is 6.92 Å². The highest BCUT2D eigenvalue weighted by Crippen LogP contribution is 2.24. The van der Waals surface area contributed by atoms with E-state index in [0.717, 1.165) is 22.6 Å². The minimum absolute atomic E-state index is 0.553. The molecule has 2 rings (SSSR count). The van der Waals surface area contributed by atoms with Gasteiger partial charge in [0.2, 0.25) is 0 Å². The molecule has 0 atom stereocenters. The maximum Gasteiger partial charge on any atom is 0.171 e. The van der Waals surface area contributed by atoms with Crippen molar-refractivity contribution < 1.29 is 4.74 Å². The number of aromatic nitrogens is 1. The highest BCUT2D eigenvalue weighted by Gasteiger charge is 2.05. The summed E-state index contributed by atoms with van der Waals surface area (Å²) in [6, 6.07) is 9.81. The van der Waals surface area contributed by atoms with Crippen molar-refractivity contribution in [3.8, 4) is 5.75 Å². The van der Waals surface area contributed by atoms with E-state index in [0.29, 0.717) is 11.7 Å². The standard InChI is InChI=1S/C15H17N3OS/c1-11-5-6-14(19-2)13(8-11)18-15(20)17-10-12-4-3-7-16-9-12/h3-9H,10H2,1-2H3,(H2,17,18,20). The van der Waals surface area contributed by atoms with Gasteiger partial charge in [-0.05, 0) is 48.5 Å². The normalized spacial score (nSPS) is 9.90. The molecule has 0 amide bonds. The molecule has 2 N–H and O–H groups in total. The minimum Gasteiger partial charge on any atom is -0.495 e. The topological polar surface area (TPSA) is 46.2 Å². The minimum atomic E-state index is 0.553. The van der Waals surface area contributed by atoms with Crippen molar-refractivity contribution in [2.45, 2.75) is 13.5 Å². The van der Waals surface area contributed by atoms with Crippen LogP contribution in [0.5, 0.6) is 5.75 Å². The molecule has 0 bridgehead atoms. The first kappa shape index (κ1) is 14.3. The molecule has 0 spiro atoms. The second-order valence-electron chi connectivity index (χ2n) is 4.37. The molecular formula is C15H17N3OS. The average molecular weight is 287 g/mol. The lowest BCUT2D eigenvalue weighted by molar-refractivity contribution is 0.417. The number of nitrogens with zero attached hydrogens (tertiary/aromatic N) is 1. The molecule has 0 aliphatic rings. The maximum atomic E-state index is 5.30. The molecule has 0 unspecified atom stereocenters. The Morgan fingerprint density at radius 2 is 2.20 bits per heavy atom. The van der Waals surface area contributed by atoms with Gasteiger partial charge in [0.25, 0.3) is 0 Å². The van der Waals surface area contributed by atoms with Gasteiger partial charge in [0.05, 0.1) is 12.8 Å². The number of nitrogens with one attached hydrogen (secondary N) is 2. The predicted octanol–water partition coefficient (Wildman–Crippen LogP) is 2.89. The fourth-order valence-corrected chi connectivity index (χ4v) is 1.95. The fraction of sp³-hybridized carbons (Fsp3) is 0.200. The number of anilines is 1. The molecule has 0 aliphatic carbocycles. The van der Waals surface area contributed by atoms with Gasteiger partial charge >= 0.3 is 0 Å². The zero-order chi connectivity index (χ0) is 14.4. The van der Waals surface area contributed by atoms with Crippen LogP contribution in [0.4, 0.5) is 5.69 Å². The van der Waals surface area contributed by atoms with Gasteiger partial charge in [-0.3, -0.25) is 4.98 Å². The third kappa shape index (κ3) is 3.93. The van der Waals surface area contributed by atoms with Gasteiger partial charge in [-0.2, -0.15) is 0 Å².